The molecule has 1 unspecified atom stereocenters. The highest BCUT2D eigenvalue weighted by atomic mass is 35.5. The number of rotatable bonds is 4. The molecule has 0 saturated heterocycles. The first-order chi connectivity index (χ1) is 9.01. The van der Waals surface area contributed by atoms with Crippen molar-refractivity contribution in [3.05, 3.63) is 52.1 Å². The molecule has 1 aromatic heterocycles. The highest BCUT2D eigenvalue weighted by Gasteiger charge is 2.15. The summed E-state index contributed by atoms with van der Waals surface area (Å²) < 4.78 is 15.5. The van der Waals surface area contributed by atoms with Crippen molar-refractivity contribution in [2.45, 2.75) is 25.8 Å². The maximum Gasteiger partial charge on any atom is 0.128 e. The zero-order chi connectivity index (χ0) is 14.0. The van der Waals surface area contributed by atoms with E-state index in [4.69, 9.17) is 17.3 Å². The van der Waals surface area contributed by atoms with Gasteiger partial charge >= 0.3 is 0 Å². The van der Waals surface area contributed by atoms with Crippen LogP contribution in [-0.2, 0) is 19.9 Å². The van der Waals surface area contributed by atoms with Crippen molar-refractivity contribution in [2.75, 3.05) is 0 Å². The highest BCUT2D eigenvalue weighted by molar-refractivity contribution is 6.30. The van der Waals surface area contributed by atoms with Crippen LogP contribution in [0.3, 0.4) is 0 Å². The Hall–Kier alpha value is -1.39. The van der Waals surface area contributed by atoms with Crippen LogP contribution in [0, 0.1) is 5.82 Å². The summed E-state index contributed by atoms with van der Waals surface area (Å²) in [4.78, 5) is 0. The van der Waals surface area contributed by atoms with E-state index in [9.17, 15) is 4.39 Å². The Bertz CT molecular complexity index is 580. The van der Waals surface area contributed by atoms with Gasteiger partial charge in [0.05, 0.1) is 5.69 Å². The van der Waals surface area contributed by atoms with E-state index in [0.717, 1.165) is 17.8 Å². The molecule has 1 atom stereocenters. The third-order valence-electron chi connectivity index (χ3n) is 3.18. The quantitative estimate of drug-likeness (QED) is 0.936. The molecule has 0 saturated carbocycles. The molecule has 1 aromatic carbocycles. The van der Waals surface area contributed by atoms with E-state index in [1.54, 1.807) is 10.7 Å². The lowest BCUT2D eigenvalue weighted by molar-refractivity contribution is 0.569. The molecular formula is C14H17ClFN3. The molecule has 0 radical (unpaired) electrons. The molecule has 0 aliphatic heterocycles. The third-order valence-corrected chi connectivity index (χ3v) is 3.41. The van der Waals surface area contributed by atoms with Crippen LogP contribution in [0.2, 0.25) is 5.02 Å². The first kappa shape index (κ1) is 14.0. The number of hydrogen-bond donors (Lipinski definition) is 1. The van der Waals surface area contributed by atoms with Gasteiger partial charge in [0.25, 0.3) is 0 Å². The van der Waals surface area contributed by atoms with E-state index in [-0.39, 0.29) is 5.82 Å². The Labute approximate surface area is 117 Å². The van der Waals surface area contributed by atoms with Gasteiger partial charge in [-0.2, -0.15) is 5.10 Å². The number of aryl methyl sites for hydroxylation is 2. The summed E-state index contributed by atoms with van der Waals surface area (Å²) in [6, 6.07) is 6.02. The van der Waals surface area contributed by atoms with Crippen LogP contribution < -0.4 is 5.73 Å². The fourth-order valence-corrected chi connectivity index (χ4v) is 2.25. The first-order valence-electron chi connectivity index (χ1n) is 6.23. The second-order valence-corrected chi connectivity index (χ2v) is 5.02. The maximum atomic E-state index is 13.7. The fraction of sp³-hybridized carbons (Fsp3) is 0.357. The monoisotopic (exact) mass is 281 g/mol. The molecule has 2 aromatic rings. The number of halogens is 2. The Morgan fingerprint density at radius 1 is 1.42 bits per heavy atom. The molecule has 2 N–H and O–H groups in total. The zero-order valence-electron chi connectivity index (χ0n) is 11.0. The highest BCUT2D eigenvalue weighted by Crippen LogP contribution is 2.23. The van der Waals surface area contributed by atoms with Gasteiger partial charge in [-0.1, -0.05) is 18.5 Å². The number of hydrogen-bond acceptors (Lipinski definition) is 2. The van der Waals surface area contributed by atoms with Crippen molar-refractivity contribution in [1.29, 1.82) is 0 Å². The fourth-order valence-electron chi connectivity index (χ4n) is 2.07. The summed E-state index contributed by atoms with van der Waals surface area (Å²) in [5.41, 5.74) is 8.51. The summed E-state index contributed by atoms with van der Waals surface area (Å²) in [5.74, 6) is -0.324. The molecule has 0 aliphatic carbocycles. The van der Waals surface area contributed by atoms with Gasteiger partial charge in [-0.15, -0.1) is 0 Å². The van der Waals surface area contributed by atoms with E-state index >= 15 is 0 Å². The van der Waals surface area contributed by atoms with Crippen LogP contribution in [0.25, 0.3) is 0 Å². The normalized spacial score (nSPS) is 12.7. The van der Waals surface area contributed by atoms with Gasteiger partial charge in [0.2, 0.25) is 0 Å². The van der Waals surface area contributed by atoms with Crippen LogP contribution >= 0.6 is 11.6 Å². The lowest BCUT2D eigenvalue weighted by Crippen LogP contribution is -2.16. The summed E-state index contributed by atoms with van der Waals surface area (Å²) in [6.45, 7) is 2.04. The average Bonchev–Trinajstić information content (AvgIpc) is 2.73. The van der Waals surface area contributed by atoms with Crippen molar-refractivity contribution in [3.8, 4) is 0 Å². The van der Waals surface area contributed by atoms with Crippen molar-refractivity contribution in [3.63, 3.8) is 0 Å². The molecule has 102 valence electrons. The summed E-state index contributed by atoms with van der Waals surface area (Å²) in [6.07, 6.45) is 1.40. The largest absolute Gasteiger partial charge is 0.324 e. The lowest BCUT2D eigenvalue weighted by Gasteiger charge is -2.13. The predicted molar refractivity (Wildman–Crippen MR) is 74.6 cm³/mol. The molecular weight excluding hydrogens is 265 g/mol. The van der Waals surface area contributed by atoms with Gasteiger partial charge in [-0.3, -0.25) is 4.68 Å². The second kappa shape index (κ2) is 5.72. The van der Waals surface area contributed by atoms with Gasteiger partial charge in [0, 0.05) is 35.8 Å². The average molecular weight is 282 g/mol. The number of nitrogens with two attached hydrogens (primary N) is 1. The van der Waals surface area contributed by atoms with Gasteiger partial charge in [-0.25, -0.2) is 4.39 Å². The van der Waals surface area contributed by atoms with Gasteiger partial charge in [-0.05, 0) is 30.7 Å². The minimum absolute atomic E-state index is 0.324. The summed E-state index contributed by atoms with van der Waals surface area (Å²) in [5, 5.41) is 4.85. The smallest absolute Gasteiger partial charge is 0.128 e. The van der Waals surface area contributed by atoms with Gasteiger partial charge < -0.3 is 5.73 Å². The van der Waals surface area contributed by atoms with Crippen molar-refractivity contribution < 1.29 is 4.39 Å². The Balaban J connectivity index is 2.22. The minimum Gasteiger partial charge on any atom is -0.324 e. The van der Waals surface area contributed by atoms with Gasteiger partial charge in [0.1, 0.15) is 5.82 Å². The van der Waals surface area contributed by atoms with E-state index < -0.39 is 6.04 Å². The van der Waals surface area contributed by atoms with E-state index in [2.05, 4.69) is 5.10 Å². The zero-order valence-corrected chi connectivity index (χ0v) is 11.8. The molecule has 1 heterocycles. The first-order valence-corrected chi connectivity index (χ1v) is 6.61. The molecule has 3 nitrogen and oxygen atoms in total. The SMILES string of the molecule is CCc1cc(CC(N)c2cc(Cl)ccc2F)n(C)n1. The third kappa shape index (κ3) is 3.14. The lowest BCUT2D eigenvalue weighted by atomic mass is 10.0. The molecule has 5 heteroatoms. The summed E-state index contributed by atoms with van der Waals surface area (Å²) in [7, 11) is 1.87. The molecule has 0 fully saturated rings. The molecule has 2 rings (SSSR count). The minimum atomic E-state index is -0.432. The number of benzene rings is 1. The Kier molecular flexibility index (Phi) is 4.22. The topological polar surface area (TPSA) is 43.8 Å². The predicted octanol–water partition coefficient (Wildman–Crippen LogP) is 3.02. The van der Waals surface area contributed by atoms with E-state index in [0.29, 0.717) is 17.0 Å². The molecule has 0 bridgehead atoms. The second-order valence-electron chi connectivity index (χ2n) is 4.58. The molecule has 0 aliphatic rings. The van der Waals surface area contributed by atoms with Crippen molar-refractivity contribution in [2.24, 2.45) is 12.8 Å². The maximum absolute atomic E-state index is 13.7. The number of aromatic nitrogens is 2. The van der Waals surface area contributed by atoms with Crippen LogP contribution in [0.5, 0.6) is 0 Å². The Morgan fingerprint density at radius 2 is 2.16 bits per heavy atom. The molecule has 0 amide bonds. The summed E-state index contributed by atoms with van der Waals surface area (Å²) >= 11 is 5.88. The van der Waals surface area contributed by atoms with Crippen LogP contribution in [0.4, 0.5) is 4.39 Å². The number of nitrogens with zero attached hydrogens (tertiary/aromatic N) is 2. The molecule has 0 spiro atoms. The van der Waals surface area contributed by atoms with Gasteiger partial charge in [0.15, 0.2) is 0 Å². The van der Waals surface area contributed by atoms with Crippen LogP contribution in [0.1, 0.15) is 29.9 Å². The van der Waals surface area contributed by atoms with E-state index in [1.807, 2.05) is 20.0 Å². The van der Waals surface area contributed by atoms with Crippen LogP contribution in [-0.4, -0.2) is 9.78 Å². The standard InChI is InChI=1S/C14H17ClFN3/c1-3-10-7-11(19(2)18-10)8-14(17)12-6-9(15)4-5-13(12)16/h4-7,14H,3,8,17H2,1-2H3. The van der Waals surface area contributed by atoms with Crippen molar-refractivity contribution in [1.82, 2.24) is 9.78 Å². The molecule has 19 heavy (non-hydrogen) atoms. The van der Waals surface area contributed by atoms with Crippen LogP contribution in [0.15, 0.2) is 24.3 Å². The van der Waals surface area contributed by atoms with Crippen molar-refractivity contribution >= 4 is 11.6 Å². The Morgan fingerprint density at radius 3 is 2.79 bits per heavy atom. The van der Waals surface area contributed by atoms with E-state index in [1.165, 1.54) is 12.1 Å².